The van der Waals surface area contributed by atoms with E-state index in [0.29, 0.717) is 20.9 Å². The van der Waals surface area contributed by atoms with E-state index in [1.165, 1.54) is 11.3 Å². The van der Waals surface area contributed by atoms with Crippen molar-refractivity contribution in [1.29, 1.82) is 0 Å². The van der Waals surface area contributed by atoms with Crippen LogP contribution >= 0.6 is 11.3 Å². The van der Waals surface area contributed by atoms with Crippen LogP contribution in [0.2, 0.25) is 0 Å². The molecule has 0 radical (unpaired) electrons. The maximum Gasteiger partial charge on any atom is 0.409 e. The first-order valence-electron chi connectivity index (χ1n) is 9.34. The number of hydrogen-bond donors (Lipinski definition) is 0. The van der Waals surface area contributed by atoms with Crippen LogP contribution < -0.4 is 0 Å². The zero-order chi connectivity index (χ0) is 22.5. The molecule has 31 heavy (non-hydrogen) atoms. The first-order chi connectivity index (χ1) is 14.6. The summed E-state index contributed by atoms with van der Waals surface area (Å²) in [7, 11) is 0. The quantitative estimate of drug-likeness (QED) is 0.261. The molecule has 2 unspecified atom stereocenters. The third-order valence-corrected chi connectivity index (χ3v) is 5.78. The first-order valence-corrected chi connectivity index (χ1v) is 10.2. The Bertz CT molecular complexity index is 931. The van der Waals surface area contributed by atoms with Gasteiger partial charge in [0, 0.05) is 33.7 Å². The highest BCUT2D eigenvalue weighted by atomic mass is 32.1. The molecule has 0 saturated carbocycles. The van der Waals surface area contributed by atoms with Crippen molar-refractivity contribution in [3.8, 4) is 0 Å². The maximum absolute atomic E-state index is 12.8. The number of allylic oxidation sites excluding steroid dienone is 4. The van der Waals surface area contributed by atoms with Gasteiger partial charge in [-0.15, -0.1) is 11.3 Å². The molecule has 0 aliphatic carbocycles. The first kappa shape index (κ1) is 22.9. The Labute approximate surface area is 180 Å². The molecule has 1 aromatic heterocycles. The summed E-state index contributed by atoms with van der Waals surface area (Å²) in [6.07, 6.45) is -6.38. The third-order valence-electron chi connectivity index (χ3n) is 4.53. The summed E-state index contributed by atoms with van der Waals surface area (Å²) >= 11 is 1.20. The van der Waals surface area contributed by atoms with Gasteiger partial charge in [0.15, 0.2) is 0 Å². The van der Waals surface area contributed by atoms with E-state index in [1.807, 2.05) is 0 Å². The fourth-order valence-corrected chi connectivity index (χ4v) is 4.40. The summed E-state index contributed by atoms with van der Waals surface area (Å²) in [4.78, 5) is 1.23. The summed E-state index contributed by atoms with van der Waals surface area (Å²) in [5.41, 5.74) is 1.33. The van der Waals surface area contributed by atoms with Gasteiger partial charge in [-0.2, -0.15) is 26.3 Å². The summed E-state index contributed by atoms with van der Waals surface area (Å²) in [6, 6.07) is 20.7. The highest BCUT2D eigenvalue weighted by Gasteiger charge is 2.26. The van der Waals surface area contributed by atoms with E-state index >= 15 is 0 Å². The van der Waals surface area contributed by atoms with Crippen molar-refractivity contribution in [2.24, 2.45) is 0 Å². The monoisotopic (exact) mass is 452 g/mol. The van der Waals surface area contributed by atoms with Crippen LogP contribution in [0, 0.1) is 0 Å². The van der Waals surface area contributed by atoms with Gasteiger partial charge in [-0.1, -0.05) is 72.8 Å². The maximum atomic E-state index is 12.8. The molecule has 2 atom stereocenters. The molecule has 3 rings (SSSR count). The Morgan fingerprint density at radius 2 is 0.903 bits per heavy atom. The largest absolute Gasteiger partial charge is 0.409 e. The third kappa shape index (κ3) is 6.85. The van der Waals surface area contributed by atoms with Crippen molar-refractivity contribution >= 4 is 11.3 Å². The number of halogens is 6. The van der Waals surface area contributed by atoms with Gasteiger partial charge >= 0.3 is 12.4 Å². The fraction of sp³-hybridized carbons (Fsp3) is 0.167. The van der Waals surface area contributed by atoms with Crippen LogP contribution in [0.15, 0.2) is 97.1 Å². The minimum Gasteiger partial charge on any atom is -0.167 e. The normalized spacial score (nSPS) is 14.9. The molecule has 7 heteroatoms. The molecule has 0 aliphatic rings. The van der Waals surface area contributed by atoms with E-state index in [4.69, 9.17) is 0 Å². The van der Waals surface area contributed by atoms with Gasteiger partial charge in [0.2, 0.25) is 0 Å². The Hall–Kier alpha value is -2.80. The molecule has 0 N–H and O–H groups in total. The lowest BCUT2D eigenvalue weighted by Crippen LogP contribution is -2.04. The van der Waals surface area contributed by atoms with Crippen LogP contribution in [0.4, 0.5) is 26.3 Å². The second-order valence-electron chi connectivity index (χ2n) is 6.82. The molecular weight excluding hydrogens is 434 g/mol. The number of benzene rings is 2. The molecule has 0 amide bonds. The summed E-state index contributed by atoms with van der Waals surface area (Å²) < 4.78 is 76.9. The second-order valence-corrected chi connectivity index (χ2v) is 7.97. The molecule has 0 nitrogen and oxygen atoms in total. The predicted octanol–water partition coefficient (Wildman–Crippen LogP) is 8.25. The zero-order valence-corrected chi connectivity index (χ0v) is 16.9. The number of alkyl halides is 6. The van der Waals surface area contributed by atoms with Crippen molar-refractivity contribution in [2.45, 2.75) is 24.2 Å². The molecule has 162 valence electrons. The molecule has 0 spiro atoms. The average Bonchev–Trinajstić information content (AvgIpc) is 3.18. The molecule has 0 bridgehead atoms. The Kier molecular flexibility index (Phi) is 7.05. The summed E-state index contributed by atoms with van der Waals surface area (Å²) in [6.45, 7) is 0. The fourth-order valence-electron chi connectivity index (χ4n) is 3.17. The Balaban J connectivity index is 2.01. The van der Waals surface area contributed by atoms with E-state index in [2.05, 4.69) is 0 Å². The summed E-state index contributed by atoms with van der Waals surface area (Å²) in [5.74, 6) is -1.32. The van der Waals surface area contributed by atoms with Crippen LogP contribution in [-0.2, 0) is 0 Å². The molecule has 0 fully saturated rings. The number of thiophene rings is 1. The van der Waals surface area contributed by atoms with Gasteiger partial charge in [0.05, 0.1) is 0 Å². The zero-order valence-electron chi connectivity index (χ0n) is 16.1. The van der Waals surface area contributed by atoms with E-state index in [9.17, 15) is 26.3 Å². The lowest BCUT2D eigenvalue weighted by molar-refractivity contribution is -0.0810. The molecule has 1 heterocycles. The molecule has 2 aromatic carbocycles. The second kappa shape index (κ2) is 9.56. The predicted molar refractivity (Wildman–Crippen MR) is 111 cm³/mol. The number of rotatable bonds is 6. The van der Waals surface area contributed by atoms with E-state index in [1.54, 1.807) is 72.8 Å². The van der Waals surface area contributed by atoms with Crippen molar-refractivity contribution in [3.63, 3.8) is 0 Å². The topological polar surface area (TPSA) is 0 Å². The Morgan fingerprint density at radius 3 is 1.23 bits per heavy atom. The smallest absolute Gasteiger partial charge is 0.167 e. The lowest BCUT2D eigenvalue weighted by Gasteiger charge is -2.14. The number of hydrogen-bond acceptors (Lipinski definition) is 1. The van der Waals surface area contributed by atoms with Crippen LogP contribution in [0.25, 0.3) is 0 Å². The van der Waals surface area contributed by atoms with Crippen molar-refractivity contribution in [1.82, 2.24) is 0 Å². The standard InChI is InChI=1S/C24H18F6S/c25-23(26,27)15-13-19(17-7-3-1-4-8-17)21-11-12-22(31-21)20(14-16-24(28,29)30)18-9-5-2-6-10-18/h1-16,19-20H/b15-13+,16-14+. The van der Waals surface area contributed by atoms with Crippen LogP contribution in [0.3, 0.4) is 0 Å². The summed E-state index contributed by atoms with van der Waals surface area (Å²) in [5, 5.41) is 0. The molecule has 0 aliphatic heterocycles. The van der Waals surface area contributed by atoms with E-state index in [0.717, 1.165) is 12.2 Å². The van der Waals surface area contributed by atoms with Gasteiger partial charge in [-0.05, 0) is 23.3 Å². The molecule has 0 saturated heterocycles. The van der Waals surface area contributed by atoms with Crippen LogP contribution in [-0.4, -0.2) is 12.4 Å². The lowest BCUT2D eigenvalue weighted by atomic mass is 9.95. The average molecular weight is 452 g/mol. The van der Waals surface area contributed by atoms with Crippen LogP contribution in [0.1, 0.15) is 32.7 Å². The molecular formula is C24H18F6S. The van der Waals surface area contributed by atoms with Gasteiger partial charge in [-0.3, -0.25) is 0 Å². The van der Waals surface area contributed by atoms with Gasteiger partial charge < -0.3 is 0 Å². The SMILES string of the molecule is FC(F)(F)/C=C/C(c1ccccc1)c1ccc(C(/C=C/C(F)(F)F)c2ccccc2)s1. The van der Waals surface area contributed by atoms with E-state index < -0.39 is 24.2 Å². The minimum atomic E-state index is -4.46. The van der Waals surface area contributed by atoms with Gasteiger partial charge in [0.1, 0.15) is 0 Å². The minimum absolute atomic E-state index is 0.197. The van der Waals surface area contributed by atoms with Crippen molar-refractivity contribution in [2.75, 3.05) is 0 Å². The molecule has 3 aromatic rings. The van der Waals surface area contributed by atoms with Crippen molar-refractivity contribution < 1.29 is 26.3 Å². The van der Waals surface area contributed by atoms with E-state index in [-0.39, 0.29) is 12.2 Å². The highest BCUT2D eigenvalue weighted by molar-refractivity contribution is 7.12. The Morgan fingerprint density at radius 1 is 0.548 bits per heavy atom. The van der Waals surface area contributed by atoms with Gasteiger partial charge in [-0.25, -0.2) is 0 Å². The van der Waals surface area contributed by atoms with Gasteiger partial charge in [0.25, 0.3) is 0 Å². The van der Waals surface area contributed by atoms with Crippen molar-refractivity contribution in [3.05, 3.63) is 118 Å². The highest BCUT2D eigenvalue weighted by Crippen LogP contribution is 2.38. The van der Waals surface area contributed by atoms with Crippen LogP contribution in [0.5, 0.6) is 0 Å².